The third-order valence-electron chi connectivity index (χ3n) is 6.81. The zero-order valence-electron chi connectivity index (χ0n) is 20.4. The topological polar surface area (TPSA) is 99.1 Å². The molecular weight excluding hydrogens is 486 g/mol. The van der Waals surface area contributed by atoms with Gasteiger partial charge in [-0.1, -0.05) is 84.9 Å². The molecule has 0 amide bonds. The average molecular weight is 504 g/mol. The number of hydrogen-bond acceptors (Lipinski definition) is 6. The maximum absolute atomic E-state index is 9.46. The summed E-state index contributed by atoms with van der Waals surface area (Å²) in [5.41, 5.74) is 3.66. The van der Waals surface area contributed by atoms with Crippen molar-refractivity contribution < 1.29 is 14.2 Å². The fourth-order valence-corrected chi connectivity index (χ4v) is 5.28. The normalized spacial score (nSPS) is 10.5. The second kappa shape index (κ2) is 9.79. The molecule has 0 N–H and O–H groups in total. The van der Waals surface area contributed by atoms with Crippen LogP contribution in [0.15, 0.2) is 103 Å². The first kappa shape index (κ1) is 23.4. The highest BCUT2D eigenvalue weighted by Crippen LogP contribution is 2.45. The first-order valence-electron chi connectivity index (χ1n) is 12.0. The van der Waals surface area contributed by atoms with Gasteiger partial charge in [-0.3, -0.25) is 0 Å². The first-order chi connectivity index (χ1) is 19.2. The van der Waals surface area contributed by atoms with Crippen LogP contribution in [-0.4, -0.2) is 0 Å². The van der Waals surface area contributed by atoms with Gasteiger partial charge in [0.1, 0.15) is 11.5 Å². The van der Waals surface area contributed by atoms with Crippen molar-refractivity contribution in [3.8, 4) is 58.3 Å². The van der Waals surface area contributed by atoms with Gasteiger partial charge < -0.3 is 14.2 Å². The number of ether oxygens (including phenoxy) is 3. The van der Waals surface area contributed by atoms with E-state index in [4.69, 9.17) is 24.7 Å². The molecule has 0 unspecified atom stereocenters. The molecule has 0 fully saturated rings. The number of nitriles is 3. The molecule has 0 saturated heterocycles. The fourth-order valence-electron chi connectivity index (χ4n) is 5.28. The number of rotatable bonds is 5. The van der Waals surface area contributed by atoms with E-state index in [1.807, 2.05) is 85.1 Å². The number of hydrogen-bond donors (Lipinski definition) is 0. The molecule has 0 radical (unpaired) electrons. The van der Waals surface area contributed by atoms with Crippen molar-refractivity contribution in [3.05, 3.63) is 103 Å². The predicted octanol–water partition coefficient (Wildman–Crippen LogP) is 8.06. The van der Waals surface area contributed by atoms with Crippen molar-refractivity contribution >= 4 is 32.3 Å². The van der Waals surface area contributed by atoms with Gasteiger partial charge in [0.25, 0.3) is 18.8 Å². The van der Waals surface area contributed by atoms with Crippen molar-refractivity contribution in [1.29, 1.82) is 15.8 Å². The molecule has 182 valence electrons. The van der Waals surface area contributed by atoms with Crippen LogP contribution in [0, 0.1) is 34.6 Å². The molecule has 0 aliphatic carbocycles. The Hall–Kier alpha value is -6.03. The van der Waals surface area contributed by atoms with E-state index < -0.39 is 0 Å². The molecule has 6 aromatic carbocycles. The molecule has 0 aliphatic rings. The van der Waals surface area contributed by atoms with Crippen LogP contribution >= 0.6 is 0 Å². The third-order valence-corrected chi connectivity index (χ3v) is 6.81. The minimum Gasteiger partial charge on any atom is -0.387 e. The molecule has 0 aromatic heterocycles. The highest BCUT2D eigenvalue weighted by Gasteiger charge is 2.18. The van der Waals surface area contributed by atoms with E-state index >= 15 is 0 Å². The van der Waals surface area contributed by atoms with Crippen molar-refractivity contribution in [3.63, 3.8) is 0 Å². The van der Waals surface area contributed by atoms with Gasteiger partial charge in [-0.25, -0.2) is 0 Å². The van der Waals surface area contributed by atoms with Crippen LogP contribution in [0.1, 0.15) is 0 Å². The molecule has 0 spiro atoms. The van der Waals surface area contributed by atoms with Crippen LogP contribution in [0.3, 0.4) is 0 Å². The van der Waals surface area contributed by atoms with Crippen LogP contribution in [0.2, 0.25) is 0 Å². The first-order valence-corrected chi connectivity index (χ1v) is 12.0. The molecule has 6 nitrogen and oxygen atoms in total. The molecule has 0 aliphatic heterocycles. The predicted molar refractivity (Wildman–Crippen MR) is 149 cm³/mol. The van der Waals surface area contributed by atoms with Gasteiger partial charge in [0, 0.05) is 16.2 Å². The van der Waals surface area contributed by atoms with Crippen LogP contribution in [0.4, 0.5) is 0 Å². The number of fused-ring (bicyclic) bond motifs is 3. The Balaban J connectivity index is 1.68. The second-order valence-electron chi connectivity index (χ2n) is 8.73. The second-order valence-corrected chi connectivity index (χ2v) is 8.73. The summed E-state index contributed by atoms with van der Waals surface area (Å²) < 4.78 is 15.9. The van der Waals surface area contributed by atoms with Crippen LogP contribution in [0.25, 0.3) is 54.6 Å². The van der Waals surface area contributed by atoms with E-state index in [2.05, 4.69) is 6.07 Å². The van der Waals surface area contributed by atoms with Gasteiger partial charge in [0.2, 0.25) is 0 Å². The lowest BCUT2D eigenvalue weighted by atomic mass is 9.88. The summed E-state index contributed by atoms with van der Waals surface area (Å²) in [6.07, 6.45) is 5.35. The fraction of sp³-hybridized carbons (Fsp3) is 0. The van der Waals surface area contributed by atoms with E-state index in [-0.39, 0.29) is 0 Å². The van der Waals surface area contributed by atoms with Gasteiger partial charge in [0.15, 0.2) is 5.75 Å². The maximum atomic E-state index is 9.46. The molecule has 6 aromatic rings. The quantitative estimate of drug-likeness (QED) is 0.221. The van der Waals surface area contributed by atoms with Crippen LogP contribution in [-0.2, 0) is 0 Å². The third kappa shape index (κ3) is 3.89. The standard InChI is InChI=1S/C33H17N3O3/c34-18-37-30-13-3-8-22-21(6-1-10-26(22)30)25-16-17-29(33-28(25)12-5-15-32(33)39-20-36)24-7-2-11-27-23(24)9-4-14-31(27)38-19-35/h1-17H. The largest absolute Gasteiger partial charge is 0.387 e. The van der Waals surface area contributed by atoms with Gasteiger partial charge >= 0.3 is 0 Å². The van der Waals surface area contributed by atoms with E-state index in [9.17, 15) is 5.26 Å². The van der Waals surface area contributed by atoms with Crippen molar-refractivity contribution in [1.82, 2.24) is 0 Å². The van der Waals surface area contributed by atoms with Crippen LogP contribution < -0.4 is 14.2 Å². The van der Waals surface area contributed by atoms with Gasteiger partial charge in [0.05, 0.1) is 0 Å². The summed E-state index contributed by atoms with van der Waals surface area (Å²) in [5.74, 6) is 1.39. The van der Waals surface area contributed by atoms with E-state index in [0.29, 0.717) is 17.2 Å². The van der Waals surface area contributed by atoms with Crippen molar-refractivity contribution in [2.24, 2.45) is 0 Å². The lowest BCUT2D eigenvalue weighted by Crippen LogP contribution is -1.93. The average Bonchev–Trinajstić information content (AvgIpc) is 2.97. The van der Waals surface area contributed by atoms with Gasteiger partial charge in [-0.2, -0.15) is 0 Å². The smallest absolute Gasteiger partial charge is 0.292 e. The number of nitrogens with zero attached hydrogens (tertiary/aromatic N) is 3. The minimum absolute atomic E-state index is 0.432. The lowest BCUT2D eigenvalue weighted by molar-refractivity contribution is 0.513. The summed E-state index contributed by atoms with van der Waals surface area (Å²) >= 11 is 0. The highest BCUT2D eigenvalue weighted by molar-refractivity contribution is 6.15. The SMILES string of the molecule is N#COc1cccc2c(-c3ccc(-c4cccc5c(OC#N)cccc45)c4c(OC#N)cccc34)cccc12. The molecule has 6 heteroatoms. The molecule has 0 bridgehead atoms. The molecular formula is C33H17N3O3. The summed E-state index contributed by atoms with van der Waals surface area (Å²) in [5, 5.41) is 32.8. The Morgan fingerprint density at radius 2 is 0.744 bits per heavy atom. The Morgan fingerprint density at radius 3 is 1.31 bits per heavy atom. The van der Waals surface area contributed by atoms with Crippen molar-refractivity contribution in [2.45, 2.75) is 0 Å². The summed E-state index contributed by atoms with van der Waals surface area (Å²) in [7, 11) is 0. The lowest BCUT2D eigenvalue weighted by Gasteiger charge is -2.17. The molecule has 6 rings (SSSR count). The maximum Gasteiger partial charge on any atom is 0.292 e. The van der Waals surface area contributed by atoms with Gasteiger partial charge in [-0.15, -0.1) is 15.8 Å². The molecule has 0 heterocycles. The Labute approximate surface area is 223 Å². The van der Waals surface area contributed by atoms with Crippen LogP contribution in [0.5, 0.6) is 17.2 Å². The minimum atomic E-state index is 0.432. The highest BCUT2D eigenvalue weighted by atomic mass is 16.5. The zero-order valence-corrected chi connectivity index (χ0v) is 20.4. The van der Waals surface area contributed by atoms with Gasteiger partial charge in [-0.05, 0) is 56.6 Å². The molecule has 39 heavy (non-hydrogen) atoms. The zero-order chi connectivity index (χ0) is 26.8. The van der Waals surface area contributed by atoms with E-state index in [1.165, 1.54) is 0 Å². The van der Waals surface area contributed by atoms with E-state index in [1.54, 1.807) is 30.7 Å². The summed E-state index contributed by atoms with van der Waals surface area (Å²) in [4.78, 5) is 0. The molecule has 0 saturated carbocycles. The Kier molecular flexibility index (Phi) is 5.87. The number of benzene rings is 6. The van der Waals surface area contributed by atoms with E-state index in [0.717, 1.165) is 54.6 Å². The molecule has 0 atom stereocenters. The Morgan fingerprint density at radius 1 is 0.359 bits per heavy atom. The van der Waals surface area contributed by atoms with Crippen molar-refractivity contribution in [2.75, 3.05) is 0 Å². The Bertz CT molecular complexity index is 2050. The summed E-state index contributed by atoms with van der Waals surface area (Å²) in [6, 6.07) is 32.6. The monoisotopic (exact) mass is 503 g/mol. The summed E-state index contributed by atoms with van der Waals surface area (Å²) in [6.45, 7) is 0.